The molecule has 0 aliphatic rings. The average molecular weight is 554 g/mol. The molecule has 0 bridgehead atoms. The summed E-state index contributed by atoms with van der Waals surface area (Å²) in [4.78, 5) is 14.2. The summed E-state index contributed by atoms with van der Waals surface area (Å²) in [6, 6.07) is 32.2. The number of benzene rings is 4. The van der Waals surface area contributed by atoms with Gasteiger partial charge in [-0.1, -0.05) is 64.5 Å². The fourth-order valence-corrected chi connectivity index (χ4v) is 5.56. The number of hydrogen-bond donors (Lipinski definition) is 2. The summed E-state index contributed by atoms with van der Waals surface area (Å²) in [7, 11) is -3.67. The van der Waals surface area contributed by atoms with Crippen molar-refractivity contribution in [3.05, 3.63) is 119 Å². The summed E-state index contributed by atoms with van der Waals surface area (Å²) >= 11 is 4.80. The molecular formula is C26H21BrN2O3S2. The molecule has 0 spiro atoms. The normalized spacial score (nSPS) is 12.0. The molecule has 1 unspecified atom stereocenters. The highest BCUT2D eigenvalue weighted by atomic mass is 79.9. The van der Waals surface area contributed by atoms with Gasteiger partial charge in [-0.25, -0.2) is 8.42 Å². The monoisotopic (exact) mass is 552 g/mol. The smallest absolute Gasteiger partial charge is 0.261 e. The number of halogens is 1. The van der Waals surface area contributed by atoms with Crippen LogP contribution in [0.4, 0.5) is 11.4 Å². The van der Waals surface area contributed by atoms with E-state index in [4.69, 9.17) is 0 Å². The summed E-state index contributed by atoms with van der Waals surface area (Å²) in [6.45, 7) is 0. The average Bonchev–Trinajstić information content (AvgIpc) is 2.86. The number of carbonyl (C=O) groups excluding carboxylic acids is 1. The summed E-state index contributed by atoms with van der Waals surface area (Å²) in [5.74, 6) is -0.146. The molecule has 0 aliphatic heterocycles. The first-order chi connectivity index (χ1) is 16.4. The molecule has 0 aliphatic carbocycles. The molecule has 1 atom stereocenters. The maximum Gasteiger partial charge on any atom is 0.261 e. The molecule has 172 valence electrons. The summed E-state index contributed by atoms with van der Waals surface area (Å²) in [5.41, 5.74) is 2.03. The molecule has 0 saturated carbocycles. The van der Waals surface area contributed by atoms with Crippen LogP contribution in [0.1, 0.15) is 10.8 Å². The third-order valence-corrected chi connectivity index (χ3v) is 8.06. The number of amides is 1. The first-order valence-electron chi connectivity index (χ1n) is 10.4. The molecule has 0 aromatic heterocycles. The van der Waals surface area contributed by atoms with Crippen LogP contribution in [0.3, 0.4) is 0 Å². The van der Waals surface area contributed by atoms with Crippen molar-refractivity contribution in [1.82, 2.24) is 0 Å². The Kier molecular flexibility index (Phi) is 7.72. The molecule has 4 rings (SSSR count). The van der Waals surface area contributed by atoms with Gasteiger partial charge in [0.25, 0.3) is 10.0 Å². The van der Waals surface area contributed by atoms with E-state index in [1.54, 1.807) is 54.6 Å². The van der Waals surface area contributed by atoms with E-state index in [0.717, 1.165) is 14.9 Å². The van der Waals surface area contributed by atoms with Gasteiger partial charge in [0, 0.05) is 20.7 Å². The van der Waals surface area contributed by atoms with Gasteiger partial charge in [0.1, 0.15) is 5.25 Å². The van der Waals surface area contributed by atoms with E-state index in [-0.39, 0.29) is 10.8 Å². The third kappa shape index (κ3) is 6.28. The molecule has 1 amide bonds. The summed E-state index contributed by atoms with van der Waals surface area (Å²) in [6.07, 6.45) is 0. The van der Waals surface area contributed by atoms with Crippen molar-refractivity contribution in [1.29, 1.82) is 0 Å². The Morgan fingerprint density at radius 1 is 0.735 bits per heavy atom. The van der Waals surface area contributed by atoms with Crippen LogP contribution in [0.15, 0.2) is 123 Å². The molecule has 8 heteroatoms. The van der Waals surface area contributed by atoms with Crippen LogP contribution in [-0.4, -0.2) is 14.3 Å². The molecule has 4 aromatic rings. The third-order valence-electron chi connectivity index (χ3n) is 4.87. The molecule has 5 nitrogen and oxygen atoms in total. The van der Waals surface area contributed by atoms with Crippen molar-refractivity contribution < 1.29 is 13.2 Å². The van der Waals surface area contributed by atoms with Gasteiger partial charge in [-0.05, 0) is 66.2 Å². The number of rotatable bonds is 8. The molecule has 0 fully saturated rings. The highest BCUT2D eigenvalue weighted by molar-refractivity contribution is 9.10. The predicted octanol–water partition coefficient (Wildman–Crippen LogP) is 6.72. The number of thioether (sulfide) groups is 1. The Morgan fingerprint density at radius 2 is 1.29 bits per heavy atom. The van der Waals surface area contributed by atoms with Crippen molar-refractivity contribution in [3.8, 4) is 0 Å². The molecule has 4 aromatic carbocycles. The van der Waals surface area contributed by atoms with Gasteiger partial charge >= 0.3 is 0 Å². The zero-order chi connectivity index (χ0) is 24.0. The van der Waals surface area contributed by atoms with E-state index in [1.807, 2.05) is 54.6 Å². The van der Waals surface area contributed by atoms with E-state index < -0.39 is 15.3 Å². The van der Waals surface area contributed by atoms with E-state index in [2.05, 4.69) is 26.0 Å². The maximum absolute atomic E-state index is 13.2. The minimum absolute atomic E-state index is 0.146. The lowest BCUT2D eigenvalue weighted by atomic mass is 10.1. The Balaban J connectivity index is 1.51. The van der Waals surface area contributed by atoms with Crippen molar-refractivity contribution in [2.75, 3.05) is 10.0 Å². The molecular weight excluding hydrogens is 532 g/mol. The fourth-order valence-electron chi connectivity index (χ4n) is 3.19. The van der Waals surface area contributed by atoms with Crippen LogP contribution >= 0.6 is 27.7 Å². The van der Waals surface area contributed by atoms with Gasteiger partial charge in [0.15, 0.2) is 0 Å². The molecule has 2 N–H and O–H groups in total. The minimum atomic E-state index is -3.67. The molecule has 0 radical (unpaired) electrons. The number of sulfonamides is 1. The van der Waals surface area contributed by atoms with Crippen LogP contribution in [0.2, 0.25) is 0 Å². The minimum Gasteiger partial charge on any atom is -0.325 e. The van der Waals surface area contributed by atoms with Crippen LogP contribution < -0.4 is 10.0 Å². The number of nitrogens with one attached hydrogen (secondary N) is 2. The second-order valence-electron chi connectivity index (χ2n) is 7.35. The second kappa shape index (κ2) is 10.9. The Morgan fingerprint density at radius 3 is 1.91 bits per heavy atom. The van der Waals surface area contributed by atoms with E-state index >= 15 is 0 Å². The Hall–Kier alpha value is -3.07. The van der Waals surface area contributed by atoms with Gasteiger partial charge in [-0.3, -0.25) is 9.52 Å². The summed E-state index contributed by atoms with van der Waals surface area (Å²) in [5, 5.41) is 2.49. The Labute approximate surface area is 211 Å². The maximum atomic E-state index is 13.2. The largest absolute Gasteiger partial charge is 0.325 e. The van der Waals surface area contributed by atoms with Gasteiger partial charge < -0.3 is 5.32 Å². The van der Waals surface area contributed by atoms with Gasteiger partial charge in [0.05, 0.1) is 4.90 Å². The fraction of sp³-hybridized carbons (Fsp3) is 0.0385. The topological polar surface area (TPSA) is 75.3 Å². The van der Waals surface area contributed by atoms with Crippen LogP contribution in [0.5, 0.6) is 0 Å². The highest BCUT2D eigenvalue weighted by Gasteiger charge is 2.22. The molecule has 0 heterocycles. The lowest BCUT2D eigenvalue weighted by Gasteiger charge is -2.17. The lowest BCUT2D eigenvalue weighted by molar-refractivity contribution is -0.115. The van der Waals surface area contributed by atoms with E-state index in [1.165, 1.54) is 11.8 Å². The molecule has 34 heavy (non-hydrogen) atoms. The van der Waals surface area contributed by atoms with Crippen molar-refractivity contribution in [3.63, 3.8) is 0 Å². The van der Waals surface area contributed by atoms with Crippen molar-refractivity contribution >= 4 is 55.0 Å². The van der Waals surface area contributed by atoms with Crippen LogP contribution in [0.25, 0.3) is 0 Å². The van der Waals surface area contributed by atoms with Gasteiger partial charge in [-0.15, -0.1) is 11.8 Å². The van der Waals surface area contributed by atoms with Crippen molar-refractivity contribution in [2.45, 2.75) is 15.0 Å². The SMILES string of the molecule is O=C(Nc1ccc(Br)cc1)C(Sc1ccc(NS(=O)(=O)c2ccccc2)cc1)c1ccccc1. The molecule has 0 saturated heterocycles. The number of anilines is 2. The van der Waals surface area contributed by atoms with Crippen molar-refractivity contribution in [2.24, 2.45) is 0 Å². The zero-order valence-corrected chi connectivity index (χ0v) is 21.1. The highest BCUT2D eigenvalue weighted by Crippen LogP contribution is 2.37. The predicted molar refractivity (Wildman–Crippen MR) is 142 cm³/mol. The zero-order valence-electron chi connectivity index (χ0n) is 17.9. The second-order valence-corrected chi connectivity index (χ2v) is 11.1. The first kappa shape index (κ1) is 24.1. The van der Waals surface area contributed by atoms with Crippen LogP contribution in [0, 0.1) is 0 Å². The van der Waals surface area contributed by atoms with Crippen LogP contribution in [-0.2, 0) is 14.8 Å². The number of carbonyl (C=O) groups is 1. The first-order valence-corrected chi connectivity index (χ1v) is 13.5. The standard InChI is InChI=1S/C26H21BrN2O3S2/c27-20-11-13-21(14-12-20)28-26(30)25(19-7-3-1-4-8-19)33-23-17-15-22(16-18-23)29-34(31,32)24-9-5-2-6-10-24/h1-18,25,29H,(H,28,30). The van der Waals surface area contributed by atoms with E-state index in [9.17, 15) is 13.2 Å². The number of hydrogen-bond acceptors (Lipinski definition) is 4. The Bertz CT molecular complexity index is 1350. The summed E-state index contributed by atoms with van der Waals surface area (Å²) < 4.78 is 28.6. The van der Waals surface area contributed by atoms with E-state index in [0.29, 0.717) is 11.4 Å². The van der Waals surface area contributed by atoms with Gasteiger partial charge in [-0.2, -0.15) is 0 Å². The lowest BCUT2D eigenvalue weighted by Crippen LogP contribution is -2.19. The van der Waals surface area contributed by atoms with Gasteiger partial charge in [0.2, 0.25) is 5.91 Å². The quantitative estimate of drug-likeness (QED) is 0.238.